The molecule has 1 aliphatic carbocycles. The highest BCUT2D eigenvalue weighted by molar-refractivity contribution is 7.89. The summed E-state index contributed by atoms with van der Waals surface area (Å²) in [6, 6.07) is 13.9. The van der Waals surface area contributed by atoms with Gasteiger partial charge in [0.05, 0.1) is 4.90 Å². The molecule has 1 saturated heterocycles. The van der Waals surface area contributed by atoms with Crippen molar-refractivity contribution in [3.05, 3.63) is 59.2 Å². The van der Waals surface area contributed by atoms with E-state index in [0.717, 1.165) is 56.6 Å². The molecule has 2 aromatic carbocycles. The van der Waals surface area contributed by atoms with Gasteiger partial charge in [-0.3, -0.25) is 9.69 Å². The summed E-state index contributed by atoms with van der Waals surface area (Å²) < 4.78 is 28.9. The monoisotopic (exact) mass is 481 g/mol. The molecule has 0 radical (unpaired) electrons. The van der Waals surface area contributed by atoms with Crippen molar-refractivity contribution in [3.8, 4) is 0 Å². The van der Waals surface area contributed by atoms with Crippen molar-refractivity contribution >= 4 is 21.6 Å². The van der Waals surface area contributed by atoms with Crippen molar-refractivity contribution in [1.82, 2.24) is 9.62 Å². The normalized spacial score (nSPS) is 21.6. The van der Waals surface area contributed by atoms with Crippen LogP contribution < -0.4 is 9.62 Å². The van der Waals surface area contributed by atoms with Gasteiger partial charge in [-0.15, -0.1) is 0 Å². The molecule has 5 rings (SSSR count). The third-order valence-corrected chi connectivity index (χ3v) is 8.92. The maximum Gasteiger partial charge on any atom is 0.240 e. The predicted molar refractivity (Wildman–Crippen MR) is 134 cm³/mol. The molecule has 0 aromatic heterocycles. The molecule has 2 heterocycles. The number of aryl methyl sites for hydroxylation is 1. The maximum atomic E-state index is 13.0. The minimum absolute atomic E-state index is 0.0824. The van der Waals surface area contributed by atoms with Crippen LogP contribution in [0, 0.1) is 18.8 Å². The molecule has 1 saturated carbocycles. The summed E-state index contributed by atoms with van der Waals surface area (Å²) in [5.41, 5.74) is 4.45. The lowest BCUT2D eigenvalue weighted by Crippen LogP contribution is -2.38. The number of carbonyl (C=O) groups is 1. The van der Waals surface area contributed by atoms with Crippen LogP contribution in [0.4, 0.5) is 5.69 Å². The van der Waals surface area contributed by atoms with Crippen LogP contribution in [0.15, 0.2) is 47.4 Å². The van der Waals surface area contributed by atoms with E-state index in [9.17, 15) is 13.2 Å². The Kier molecular flexibility index (Phi) is 6.53. The molecule has 2 aliphatic heterocycles. The van der Waals surface area contributed by atoms with Gasteiger partial charge in [0, 0.05) is 30.7 Å². The zero-order valence-corrected chi connectivity index (χ0v) is 21.0. The number of rotatable bonds is 7. The Morgan fingerprint density at radius 1 is 1.06 bits per heavy atom. The third-order valence-electron chi connectivity index (χ3n) is 7.50. The number of amides is 1. The van der Waals surface area contributed by atoms with Gasteiger partial charge in [-0.25, -0.2) is 13.1 Å². The third kappa shape index (κ3) is 5.07. The molecule has 6 nitrogen and oxygen atoms in total. The van der Waals surface area contributed by atoms with Crippen LogP contribution in [0.3, 0.4) is 0 Å². The molecule has 1 atom stereocenters. The molecule has 182 valence electrons. The first-order valence-corrected chi connectivity index (χ1v) is 14.0. The topological polar surface area (TPSA) is 69.7 Å². The van der Waals surface area contributed by atoms with Crippen molar-refractivity contribution in [2.24, 2.45) is 11.8 Å². The van der Waals surface area contributed by atoms with Crippen LogP contribution in [-0.4, -0.2) is 44.9 Å². The second-order valence-corrected chi connectivity index (χ2v) is 12.2. The summed E-state index contributed by atoms with van der Waals surface area (Å²) in [6.45, 7) is 7.56. The van der Waals surface area contributed by atoms with Crippen LogP contribution >= 0.6 is 0 Å². The Morgan fingerprint density at radius 3 is 2.53 bits per heavy atom. The minimum atomic E-state index is -3.57. The zero-order valence-electron chi connectivity index (χ0n) is 20.2. The fraction of sp³-hybridized carbons (Fsp3) is 0.519. The molecule has 0 bridgehead atoms. The summed E-state index contributed by atoms with van der Waals surface area (Å²) in [5, 5.41) is 0. The van der Waals surface area contributed by atoms with Crippen molar-refractivity contribution in [2.75, 3.05) is 24.5 Å². The predicted octanol–water partition coefficient (Wildman–Crippen LogP) is 3.87. The fourth-order valence-electron chi connectivity index (χ4n) is 5.37. The standard InChI is InChI=1S/C27H35N3O3S/c1-19-4-3-5-22(14-19)18-29-12-10-21(11-13-29)17-28-34(32,33)25-8-9-26-24(16-25)15-20(2)30(26)27(31)23-6-7-23/h3-5,8-9,14,16,20-21,23,28H,6-7,10-13,15,17-18H2,1-2H3/t20-/m0/s1. The lowest BCUT2D eigenvalue weighted by atomic mass is 9.97. The van der Waals surface area contributed by atoms with Crippen molar-refractivity contribution in [2.45, 2.75) is 63.4 Å². The van der Waals surface area contributed by atoms with E-state index in [-0.39, 0.29) is 17.9 Å². The number of hydrogen-bond acceptors (Lipinski definition) is 4. The van der Waals surface area contributed by atoms with Gasteiger partial charge >= 0.3 is 0 Å². The van der Waals surface area contributed by atoms with Crippen molar-refractivity contribution < 1.29 is 13.2 Å². The lowest BCUT2D eigenvalue weighted by molar-refractivity contribution is -0.120. The molecule has 0 spiro atoms. The summed E-state index contributed by atoms with van der Waals surface area (Å²) >= 11 is 0. The molecule has 1 N–H and O–H groups in total. The Morgan fingerprint density at radius 2 is 1.82 bits per heavy atom. The van der Waals surface area contributed by atoms with E-state index in [1.54, 1.807) is 12.1 Å². The van der Waals surface area contributed by atoms with Crippen LogP contribution in [0.5, 0.6) is 0 Å². The number of anilines is 1. The van der Waals surface area contributed by atoms with E-state index < -0.39 is 10.0 Å². The van der Waals surface area contributed by atoms with Gasteiger partial charge in [0.2, 0.25) is 15.9 Å². The zero-order chi connectivity index (χ0) is 23.9. The molecule has 2 aromatic rings. The number of benzene rings is 2. The van der Waals surface area contributed by atoms with Gasteiger partial charge < -0.3 is 4.90 Å². The average Bonchev–Trinajstić information content (AvgIpc) is 3.60. The van der Waals surface area contributed by atoms with Crippen LogP contribution in [0.2, 0.25) is 0 Å². The maximum absolute atomic E-state index is 13.0. The van der Waals surface area contributed by atoms with Crippen LogP contribution in [-0.2, 0) is 27.8 Å². The highest BCUT2D eigenvalue weighted by Gasteiger charge is 2.39. The van der Waals surface area contributed by atoms with Gasteiger partial charge in [0.25, 0.3) is 0 Å². The van der Waals surface area contributed by atoms with Crippen LogP contribution in [0.1, 0.15) is 49.3 Å². The van der Waals surface area contributed by atoms with E-state index in [1.807, 2.05) is 17.9 Å². The highest BCUT2D eigenvalue weighted by atomic mass is 32.2. The number of hydrogen-bond donors (Lipinski definition) is 1. The number of fused-ring (bicyclic) bond motifs is 1. The van der Waals surface area contributed by atoms with Crippen molar-refractivity contribution in [1.29, 1.82) is 0 Å². The van der Waals surface area contributed by atoms with Crippen LogP contribution in [0.25, 0.3) is 0 Å². The van der Waals surface area contributed by atoms with Gasteiger partial charge in [-0.05, 0) is 94.3 Å². The molecule has 7 heteroatoms. The first kappa shape index (κ1) is 23.5. The lowest BCUT2D eigenvalue weighted by Gasteiger charge is -2.32. The van der Waals surface area contributed by atoms with E-state index in [4.69, 9.17) is 0 Å². The SMILES string of the molecule is Cc1cccc(CN2CCC(CNS(=O)(=O)c3ccc4c(c3)C[C@H](C)N4C(=O)C3CC3)CC2)c1. The molecule has 34 heavy (non-hydrogen) atoms. The second kappa shape index (κ2) is 9.44. The minimum Gasteiger partial charge on any atom is -0.309 e. The van der Waals surface area contributed by atoms with E-state index >= 15 is 0 Å². The Labute approximate surface area is 203 Å². The molecular formula is C27H35N3O3S. The number of piperidine rings is 1. The number of nitrogens with one attached hydrogen (secondary N) is 1. The molecule has 2 fully saturated rings. The van der Waals surface area contributed by atoms with E-state index in [1.165, 1.54) is 11.1 Å². The Balaban J connectivity index is 1.16. The summed E-state index contributed by atoms with van der Waals surface area (Å²) in [4.78, 5) is 17.3. The smallest absolute Gasteiger partial charge is 0.240 e. The van der Waals surface area contributed by atoms with E-state index in [0.29, 0.717) is 23.8 Å². The Bertz CT molecular complexity index is 1170. The second-order valence-electron chi connectivity index (χ2n) is 10.4. The van der Waals surface area contributed by atoms with Crippen molar-refractivity contribution in [3.63, 3.8) is 0 Å². The van der Waals surface area contributed by atoms with Gasteiger partial charge in [-0.2, -0.15) is 0 Å². The molecule has 1 amide bonds. The van der Waals surface area contributed by atoms with E-state index in [2.05, 4.69) is 40.8 Å². The number of carbonyl (C=O) groups excluding carboxylic acids is 1. The van der Waals surface area contributed by atoms with Gasteiger partial charge in [0.1, 0.15) is 0 Å². The molecular weight excluding hydrogens is 446 g/mol. The average molecular weight is 482 g/mol. The van der Waals surface area contributed by atoms with Gasteiger partial charge in [0.15, 0.2) is 0 Å². The highest BCUT2D eigenvalue weighted by Crippen LogP contribution is 2.39. The number of sulfonamides is 1. The summed E-state index contributed by atoms with van der Waals surface area (Å²) in [6.07, 6.45) is 4.64. The van der Waals surface area contributed by atoms with Gasteiger partial charge in [-0.1, -0.05) is 29.8 Å². The first-order chi connectivity index (χ1) is 16.3. The number of likely N-dealkylation sites (tertiary alicyclic amines) is 1. The summed E-state index contributed by atoms with van der Waals surface area (Å²) in [5.74, 6) is 0.695. The summed E-state index contributed by atoms with van der Waals surface area (Å²) in [7, 11) is -3.57. The first-order valence-electron chi connectivity index (χ1n) is 12.5. The largest absolute Gasteiger partial charge is 0.309 e. The molecule has 3 aliphatic rings. The number of nitrogens with zero attached hydrogens (tertiary/aromatic N) is 2. The molecule has 0 unspecified atom stereocenters. The fourth-order valence-corrected chi connectivity index (χ4v) is 6.53. The quantitative estimate of drug-likeness (QED) is 0.652. The Hall–Kier alpha value is -2.22.